The standard InChI is InChI=1S/C33H46FN5O5/c1-33(2,3)44-32(42)35-21-12-15-38(19-21)28-24(34)18-22-27-30(28)43-26-11-7-6-10-25(26)39(27)20-23(29(22)40)31(41)36(4)16-17-37-13-8-5-9-14-37/h5,8-9,13-14,20-22,24-28,30H,6-7,10-12,15-19H2,1-4H3/p+1. The van der Waals surface area contributed by atoms with Gasteiger partial charge in [-0.3, -0.25) is 14.5 Å². The molecule has 8 atom stereocenters. The first-order chi connectivity index (χ1) is 21.0. The van der Waals surface area contributed by atoms with Crippen molar-refractivity contribution in [3.8, 4) is 0 Å². The minimum Gasteiger partial charge on any atom is -0.444 e. The first kappa shape index (κ1) is 31.0. The van der Waals surface area contributed by atoms with Crippen LogP contribution >= 0.6 is 0 Å². The van der Waals surface area contributed by atoms with E-state index in [0.29, 0.717) is 32.6 Å². The normalized spacial score (nSPS) is 33.6. The molecule has 0 spiro atoms. The minimum atomic E-state index is -1.30. The molecule has 6 rings (SSSR count). The van der Waals surface area contributed by atoms with Gasteiger partial charge in [-0.05, 0) is 46.5 Å². The van der Waals surface area contributed by atoms with Gasteiger partial charge in [-0.2, -0.15) is 0 Å². The van der Waals surface area contributed by atoms with E-state index >= 15 is 4.39 Å². The summed E-state index contributed by atoms with van der Waals surface area (Å²) in [4.78, 5) is 46.0. The molecule has 2 aliphatic carbocycles. The number of Topliss-reactive ketones (excluding diaryl/α,β-unsaturated/α-hetero) is 1. The van der Waals surface area contributed by atoms with Crippen LogP contribution in [0.2, 0.25) is 0 Å². The highest BCUT2D eigenvalue weighted by Gasteiger charge is 2.60. The molecule has 1 N–H and O–H groups in total. The monoisotopic (exact) mass is 612 g/mol. The third kappa shape index (κ3) is 6.22. The van der Waals surface area contributed by atoms with Gasteiger partial charge < -0.3 is 24.6 Å². The molecule has 0 radical (unpaired) electrons. The van der Waals surface area contributed by atoms with Gasteiger partial charge in [0.2, 0.25) is 0 Å². The first-order valence-corrected chi connectivity index (χ1v) is 16.3. The van der Waals surface area contributed by atoms with Crippen LogP contribution in [0.25, 0.3) is 0 Å². The number of likely N-dealkylation sites (tertiary alicyclic amines) is 1. The topological polar surface area (TPSA) is 95.3 Å². The number of aromatic nitrogens is 1. The number of carbonyl (C=O) groups is 3. The zero-order valence-corrected chi connectivity index (χ0v) is 26.4. The highest BCUT2D eigenvalue weighted by atomic mass is 19.1. The first-order valence-electron chi connectivity index (χ1n) is 16.3. The molecule has 4 heterocycles. The predicted octanol–water partition coefficient (Wildman–Crippen LogP) is 2.61. The number of ketones is 1. The molecule has 5 aliphatic rings. The molecule has 2 amide bonds. The van der Waals surface area contributed by atoms with Crippen LogP contribution in [-0.4, -0.2) is 107 Å². The second-order valence-corrected chi connectivity index (χ2v) is 14.2. The van der Waals surface area contributed by atoms with Gasteiger partial charge in [0.05, 0.1) is 42.5 Å². The van der Waals surface area contributed by atoms with Crippen LogP contribution in [0.5, 0.6) is 0 Å². The van der Waals surface area contributed by atoms with Crippen molar-refractivity contribution in [3.63, 3.8) is 0 Å². The number of nitrogens with zero attached hydrogens (tertiary/aromatic N) is 4. The molecule has 2 saturated carbocycles. The summed E-state index contributed by atoms with van der Waals surface area (Å²) in [5, 5.41) is 2.95. The van der Waals surface area contributed by atoms with E-state index in [1.54, 1.807) is 18.1 Å². The van der Waals surface area contributed by atoms with Crippen molar-refractivity contribution in [2.45, 2.75) is 114 Å². The van der Waals surface area contributed by atoms with Crippen molar-refractivity contribution in [2.24, 2.45) is 5.92 Å². The summed E-state index contributed by atoms with van der Waals surface area (Å²) in [7, 11) is 1.72. The molecule has 1 aromatic rings. The number of amides is 2. The fraction of sp³-hybridized carbons (Fsp3) is 0.697. The fourth-order valence-corrected chi connectivity index (χ4v) is 7.96. The SMILES string of the molecule is CN(CC[n+]1ccccc1)C(=O)C1=CN2C3CCCCC3OC3C(N4CCC(NC(=O)OC(C)(C)C)C4)C(F)CC(C1=O)C32. The number of fused-ring (bicyclic) bond motifs is 2. The van der Waals surface area contributed by atoms with E-state index in [9.17, 15) is 14.4 Å². The number of morpholine rings is 1. The lowest BCUT2D eigenvalue weighted by Crippen LogP contribution is -2.73. The third-order valence-electron chi connectivity index (χ3n) is 9.95. The maximum absolute atomic E-state index is 16.3. The van der Waals surface area contributed by atoms with Crippen LogP contribution in [0.1, 0.15) is 59.3 Å². The van der Waals surface area contributed by atoms with E-state index in [4.69, 9.17) is 9.47 Å². The fourth-order valence-electron chi connectivity index (χ4n) is 7.96. The molecule has 4 fully saturated rings. The molecule has 0 bridgehead atoms. The molecule has 44 heavy (non-hydrogen) atoms. The van der Waals surface area contributed by atoms with Gasteiger partial charge in [-0.15, -0.1) is 0 Å². The number of hydrogen-bond acceptors (Lipinski definition) is 7. The Balaban J connectivity index is 1.22. The Morgan fingerprint density at radius 2 is 1.89 bits per heavy atom. The average Bonchev–Trinajstić information content (AvgIpc) is 3.43. The zero-order valence-electron chi connectivity index (χ0n) is 26.4. The molecule has 2 saturated heterocycles. The second-order valence-electron chi connectivity index (χ2n) is 14.2. The minimum absolute atomic E-state index is 0.0524. The molecule has 240 valence electrons. The number of alkyl carbamates (subject to hydrolysis) is 1. The number of hydrogen-bond donors (Lipinski definition) is 1. The number of alkyl halides is 1. The number of pyridine rings is 1. The number of nitrogens with one attached hydrogen (secondary N) is 1. The van der Waals surface area contributed by atoms with Gasteiger partial charge >= 0.3 is 6.09 Å². The van der Waals surface area contributed by atoms with E-state index in [1.165, 1.54) is 0 Å². The molecule has 1 aromatic heterocycles. The summed E-state index contributed by atoms with van der Waals surface area (Å²) < 4.78 is 30.6. The molecule has 11 heteroatoms. The molecule has 0 aromatic carbocycles. The van der Waals surface area contributed by atoms with E-state index in [-0.39, 0.29) is 47.9 Å². The largest absolute Gasteiger partial charge is 0.444 e. The smallest absolute Gasteiger partial charge is 0.407 e. The van der Waals surface area contributed by atoms with Crippen molar-refractivity contribution in [2.75, 3.05) is 26.7 Å². The Kier molecular flexibility index (Phi) is 8.71. The summed E-state index contributed by atoms with van der Waals surface area (Å²) in [6.45, 7) is 7.64. The van der Waals surface area contributed by atoms with Gasteiger partial charge in [0.1, 0.15) is 11.8 Å². The van der Waals surface area contributed by atoms with Gasteiger partial charge in [0, 0.05) is 50.4 Å². The highest BCUT2D eigenvalue weighted by Crippen LogP contribution is 2.47. The van der Waals surface area contributed by atoms with Crippen LogP contribution < -0.4 is 9.88 Å². The van der Waals surface area contributed by atoms with Crippen LogP contribution in [-0.2, 0) is 25.6 Å². The Morgan fingerprint density at radius 3 is 2.64 bits per heavy atom. The lowest BCUT2D eigenvalue weighted by atomic mass is 9.69. The van der Waals surface area contributed by atoms with Crippen LogP contribution in [0.3, 0.4) is 0 Å². The van der Waals surface area contributed by atoms with E-state index in [0.717, 1.165) is 25.7 Å². The van der Waals surface area contributed by atoms with Crippen molar-refractivity contribution < 1.29 is 32.8 Å². The molecular weight excluding hydrogens is 565 g/mol. The lowest BCUT2D eigenvalue weighted by Gasteiger charge is -2.60. The summed E-state index contributed by atoms with van der Waals surface area (Å²) in [6, 6.07) is 4.87. The number of carbonyl (C=O) groups excluding carboxylic acids is 3. The molecule has 3 aliphatic heterocycles. The molecular formula is C33H47FN5O5+. The Hall–Kier alpha value is -3.05. The molecule has 10 nitrogen and oxygen atoms in total. The van der Waals surface area contributed by atoms with Crippen molar-refractivity contribution in [3.05, 3.63) is 42.4 Å². The lowest BCUT2D eigenvalue weighted by molar-refractivity contribution is -0.696. The number of halogens is 1. The van der Waals surface area contributed by atoms with Gasteiger partial charge in [0.15, 0.2) is 24.7 Å². The van der Waals surface area contributed by atoms with Crippen LogP contribution in [0, 0.1) is 5.92 Å². The van der Waals surface area contributed by atoms with Crippen LogP contribution in [0.15, 0.2) is 42.4 Å². The van der Waals surface area contributed by atoms with Crippen molar-refractivity contribution in [1.82, 2.24) is 20.0 Å². The highest BCUT2D eigenvalue weighted by molar-refractivity contribution is 6.20. The Labute approximate surface area is 259 Å². The quantitative estimate of drug-likeness (QED) is 0.390. The van der Waals surface area contributed by atoms with Crippen molar-refractivity contribution >= 4 is 17.8 Å². The number of likely N-dealkylation sites (N-methyl/N-ethyl adjacent to an activating group) is 1. The van der Waals surface area contributed by atoms with Gasteiger partial charge in [0.25, 0.3) is 5.91 Å². The van der Waals surface area contributed by atoms with Gasteiger partial charge in [-0.1, -0.05) is 18.9 Å². The summed E-state index contributed by atoms with van der Waals surface area (Å²) in [5.74, 6) is -1.23. The number of ether oxygens (including phenoxy) is 2. The zero-order chi connectivity index (χ0) is 31.2. The van der Waals surface area contributed by atoms with E-state index < -0.39 is 35.9 Å². The predicted molar refractivity (Wildman–Crippen MR) is 160 cm³/mol. The average molecular weight is 613 g/mol. The second kappa shape index (κ2) is 12.4. The Morgan fingerprint density at radius 1 is 1.14 bits per heavy atom. The third-order valence-corrected chi connectivity index (χ3v) is 9.95. The van der Waals surface area contributed by atoms with E-state index in [1.807, 2.05) is 55.9 Å². The summed E-state index contributed by atoms with van der Waals surface area (Å²) >= 11 is 0. The summed E-state index contributed by atoms with van der Waals surface area (Å²) in [5.41, 5.74) is -0.442. The number of rotatable bonds is 6. The van der Waals surface area contributed by atoms with Crippen LogP contribution in [0.4, 0.5) is 9.18 Å². The Bertz CT molecular complexity index is 1270. The summed E-state index contributed by atoms with van der Waals surface area (Å²) in [6.07, 6.45) is 7.96. The maximum atomic E-state index is 16.3. The molecule has 8 unspecified atom stereocenters. The van der Waals surface area contributed by atoms with E-state index in [2.05, 4.69) is 15.1 Å². The van der Waals surface area contributed by atoms with Gasteiger partial charge in [-0.25, -0.2) is 13.8 Å². The van der Waals surface area contributed by atoms with Crippen molar-refractivity contribution in [1.29, 1.82) is 0 Å². The maximum Gasteiger partial charge on any atom is 0.407 e.